The number of hydrogen-bond acceptors (Lipinski definition) is 2. The zero-order valence-electron chi connectivity index (χ0n) is 8.73. The number of halogens is 1. The second-order valence-corrected chi connectivity index (χ2v) is 4.21. The van der Waals surface area contributed by atoms with Crippen molar-refractivity contribution < 1.29 is 9.53 Å². The number of alkyl halides is 1. The van der Waals surface area contributed by atoms with E-state index in [-0.39, 0.29) is 10.8 Å². The molecule has 2 nitrogen and oxygen atoms in total. The fourth-order valence-corrected chi connectivity index (χ4v) is 2.02. The molecule has 0 unspecified atom stereocenters. The van der Waals surface area contributed by atoms with Crippen molar-refractivity contribution in [3.8, 4) is 0 Å². The molecule has 0 aliphatic rings. The van der Waals surface area contributed by atoms with Crippen molar-refractivity contribution in [2.45, 2.75) is 50.8 Å². The number of carbonyl (C=O) groups excluding carboxylic acids is 1. The maximum absolute atomic E-state index is 11.1. The maximum Gasteiger partial charge on any atom is 0.307 e. The van der Waals surface area contributed by atoms with E-state index in [1.165, 1.54) is 7.11 Å². The molecule has 0 aromatic carbocycles. The first-order valence-corrected chi connectivity index (χ1v) is 5.21. The van der Waals surface area contributed by atoms with Gasteiger partial charge in [0.15, 0.2) is 0 Å². The Morgan fingerprint density at radius 3 is 2.08 bits per heavy atom. The number of ether oxygens (including phenoxy) is 1. The average Bonchev–Trinajstić information content (AvgIpc) is 2.04. The Morgan fingerprint density at radius 1 is 1.31 bits per heavy atom. The summed E-state index contributed by atoms with van der Waals surface area (Å²) in [6, 6.07) is 0. The van der Waals surface area contributed by atoms with Gasteiger partial charge >= 0.3 is 5.97 Å². The van der Waals surface area contributed by atoms with Crippen LogP contribution in [0.3, 0.4) is 0 Å². The van der Waals surface area contributed by atoms with Crippen LogP contribution < -0.4 is 0 Å². The molecule has 0 atom stereocenters. The zero-order chi connectivity index (χ0) is 10.3. The van der Waals surface area contributed by atoms with Crippen LogP contribution in [0, 0.1) is 0 Å². The molecular formula is C10H19ClO2. The van der Waals surface area contributed by atoms with E-state index in [1.807, 2.05) is 0 Å². The molecule has 0 bridgehead atoms. The predicted octanol–water partition coefficient (Wildman–Crippen LogP) is 3.13. The quantitative estimate of drug-likeness (QED) is 0.493. The fourth-order valence-electron chi connectivity index (χ4n) is 1.53. The van der Waals surface area contributed by atoms with Gasteiger partial charge in [-0.2, -0.15) is 0 Å². The van der Waals surface area contributed by atoms with E-state index in [1.54, 1.807) is 0 Å². The van der Waals surface area contributed by atoms with Crippen LogP contribution in [0.4, 0.5) is 0 Å². The van der Waals surface area contributed by atoms with Crippen molar-refractivity contribution in [1.82, 2.24) is 0 Å². The number of methoxy groups -OCH3 is 1. The monoisotopic (exact) mass is 206 g/mol. The predicted molar refractivity (Wildman–Crippen MR) is 55.0 cm³/mol. The SMILES string of the molecule is CCCC(Cl)(CCC)CC(=O)OC. The standard InChI is InChI=1S/C10H19ClO2/c1-4-6-10(11,7-5-2)8-9(12)13-3/h4-8H2,1-3H3. The van der Waals surface area contributed by atoms with Crippen molar-refractivity contribution in [3.05, 3.63) is 0 Å². The van der Waals surface area contributed by atoms with Crippen LogP contribution in [0.15, 0.2) is 0 Å². The van der Waals surface area contributed by atoms with Gasteiger partial charge in [-0.05, 0) is 12.8 Å². The Morgan fingerprint density at radius 2 is 1.77 bits per heavy atom. The Bertz CT molecular complexity index is 151. The van der Waals surface area contributed by atoms with Gasteiger partial charge in [0.1, 0.15) is 0 Å². The van der Waals surface area contributed by atoms with Crippen molar-refractivity contribution in [3.63, 3.8) is 0 Å². The third-order valence-corrected chi connectivity index (χ3v) is 2.60. The summed E-state index contributed by atoms with van der Waals surface area (Å²) in [5.74, 6) is -0.211. The average molecular weight is 207 g/mol. The molecule has 0 aromatic heterocycles. The van der Waals surface area contributed by atoms with Gasteiger partial charge in [0.05, 0.1) is 18.4 Å². The van der Waals surface area contributed by atoms with Gasteiger partial charge in [0.25, 0.3) is 0 Å². The second kappa shape index (κ2) is 6.25. The molecule has 0 fully saturated rings. The highest BCUT2D eigenvalue weighted by atomic mass is 35.5. The highest BCUT2D eigenvalue weighted by molar-refractivity contribution is 6.24. The summed E-state index contributed by atoms with van der Waals surface area (Å²) in [6.07, 6.45) is 4.07. The van der Waals surface area contributed by atoms with Crippen LogP contribution >= 0.6 is 11.6 Å². The third-order valence-electron chi connectivity index (χ3n) is 2.08. The molecule has 0 saturated carbocycles. The summed E-state index contributed by atoms with van der Waals surface area (Å²) in [5.41, 5.74) is 0. The van der Waals surface area contributed by atoms with Gasteiger partial charge in [-0.25, -0.2) is 0 Å². The lowest BCUT2D eigenvalue weighted by atomic mass is 9.94. The van der Waals surface area contributed by atoms with Gasteiger partial charge in [-0.3, -0.25) is 4.79 Å². The van der Waals surface area contributed by atoms with Gasteiger partial charge in [0.2, 0.25) is 0 Å². The highest BCUT2D eigenvalue weighted by Crippen LogP contribution is 2.31. The highest BCUT2D eigenvalue weighted by Gasteiger charge is 2.28. The summed E-state index contributed by atoms with van der Waals surface area (Å²) in [7, 11) is 1.40. The minimum atomic E-state index is -0.378. The topological polar surface area (TPSA) is 26.3 Å². The normalized spacial score (nSPS) is 11.4. The van der Waals surface area contributed by atoms with Crippen LogP contribution in [0.1, 0.15) is 46.0 Å². The molecule has 0 amide bonds. The number of hydrogen-bond donors (Lipinski definition) is 0. The summed E-state index contributed by atoms with van der Waals surface area (Å²) in [6.45, 7) is 4.15. The Balaban J connectivity index is 4.13. The molecule has 0 rings (SSSR count). The Kier molecular flexibility index (Phi) is 6.13. The fraction of sp³-hybridized carbons (Fsp3) is 0.900. The van der Waals surface area contributed by atoms with E-state index >= 15 is 0 Å². The van der Waals surface area contributed by atoms with Crippen LogP contribution in [0.25, 0.3) is 0 Å². The molecule has 0 aromatic rings. The number of rotatable bonds is 6. The van der Waals surface area contributed by atoms with E-state index in [0.717, 1.165) is 25.7 Å². The van der Waals surface area contributed by atoms with Gasteiger partial charge < -0.3 is 4.74 Å². The van der Waals surface area contributed by atoms with E-state index in [0.29, 0.717) is 6.42 Å². The summed E-state index contributed by atoms with van der Waals surface area (Å²) >= 11 is 6.31. The van der Waals surface area contributed by atoms with E-state index in [9.17, 15) is 4.79 Å². The van der Waals surface area contributed by atoms with Crippen molar-refractivity contribution >= 4 is 17.6 Å². The second-order valence-electron chi connectivity index (χ2n) is 3.40. The molecule has 13 heavy (non-hydrogen) atoms. The van der Waals surface area contributed by atoms with Crippen LogP contribution in [-0.4, -0.2) is 18.0 Å². The van der Waals surface area contributed by atoms with Crippen molar-refractivity contribution in [2.24, 2.45) is 0 Å². The molecule has 0 aliphatic carbocycles. The molecule has 0 aliphatic heterocycles. The number of esters is 1. The summed E-state index contributed by atoms with van der Waals surface area (Å²) < 4.78 is 4.62. The van der Waals surface area contributed by atoms with Crippen LogP contribution in [0.5, 0.6) is 0 Å². The Hall–Kier alpha value is -0.240. The Labute approximate surface area is 85.6 Å². The molecular weight excluding hydrogens is 188 g/mol. The first kappa shape index (κ1) is 12.8. The van der Waals surface area contributed by atoms with Gasteiger partial charge in [-0.15, -0.1) is 11.6 Å². The largest absolute Gasteiger partial charge is 0.469 e. The van der Waals surface area contributed by atoms with Crippen LogP contribution in [0.2, 0.25) is 0 Å². The molecule has 0 saturated heterocycles. The van der Waals surface area contributed by atoms with Crippen molar-refractivity contribution in [2.75, 3.05) is 7.11 Å². The lowest BCUT2D eigenvalue weighted by Crippen LogP contribution is -2.25. The molecule has 0 spiro atoms. The van der Waals surface area contributed by atoms with E-state index < -0.39 is 0 Å². The first-order chi connectivity index (χ1) is 6.08. The van der Waals surface area contributed by atoms with Gasteiger partial charge in [0, 0.05) is 0 Å². The van der Waals surface area contributed by atoms with Crippen molar-refractivity contribution in [1.29, 1.82) is 0 Å². The summed E-state index contributed by atoms with van der Waals surface area (Å²) in [4.78, 5) is 10.7. The van der Waals surface area contributed by atoms with Gasteiger partial charge in [-0.1, -0.05) is 26.7 Å². The maximum atomic E-state index is 11.1. The smallest absolute Gasteiger partial charge is 0.307 e. The molecule has 3 heteroatoms. The first-order valence-electron chi connectivity index (χ1n) is 4.83. The molecule has 78 valence electrons. The lowest BCUT2D eigenvalue weighted by Gasteiger charge is -2.24. The molecule has 0 N–H and O–H groups in total. The molecule has 0 heterocycles. The summed E-state index contributed by atoms with van der Waals surface area (Å²) in [5, 5.41) is 0. The third kappa shape index (κ3) is 5.14. The molecule has 0 radical (unpaired) electrons. The number of carbonyl (C=O) groups is 1. The van der Waals surface area contributed by atoms with E-state index in [2.05, 4.69) is 18.6 Å². The minimum Gasteiger partial charge on any atom is -0.469 e. The van der Waals surface area contributed by atoms with E-state index in [4.69, 9.17) is 11.6 Å². The lowest BCUT2D eigenvalue weighted by molar-refractivity contribution is -0.141. The minimum absolute atomic E-state index is 0.211. The van der Waals surface area contributed by atoms with Crippen LogP contribution in [-0.2, 0) is 9.53 Å². The zero-order valence-corrected chi connectivity index (χ0v) is 9.49.